The molecule has 1 N–H and O–H groups in total. The summed E-state index contributed by atoms with van der Waals surface area (Å²) in [5.41, 5.74) is 0. The van der Waals surface area contributed by atoms with Gasteiger partial charge in [0.1, 0.15) is 5.82 Å². The third-order valence-electron chi connectivity index (χ3n) is 5.60. The molecule has 0 spiro atoms. The zero-order chi connectivity index (χ0) is 19.1. The number of piperazine rings is 1. The van der Waals surface area contributed by atoms with Gasteiger partial charge in [-0.05, 0) is 52.2 Å². The Balaban J connectivity index is 1.48. The summed E-state index contributed by atoms with van der Waals surface area (Å²) >= 11 is 1.53. The summed E-state index contributed by atoms with van der Waals surface area (Å²) < 4.78 is 4.42. The van der Waals surface area contributed by atoms with Crippen LogP contribution in [0.1, 0.15) is 38.9 Å². The molecule has 0 radical (unpaired) electrons. The van der Waals surface area contributed by atoms with Crippen LogP contribution < -0.4 is 10.2 Å². The fourth-order valence-corrected chi connectivity index (χ4v) is 4.56. The van der Waals surface area contributed by atoms with Crippen molar-refractivity contribution in [2.24, 2.45) is 10.9 Å². The quantitative estimate of drug-likeness (QED) is 0.589. The molecule has 3 rings (SSSR count). The van der Waals surface area contributed by atoms with Crippen LogP contribution in [0.15, 0.2) is 4.99 Å². The largest absolute Gasteiger partial charge is 0.357 e. The molecular weight excluding hydrogens is 358 g/mol. The molecule has 152 valence electrons. The summed E-state index contributed by atoms with van der Waals surface area (Å²) in [5.74, 6) is 2.88. The van der Waals surface area contributed by atoms with E-state index in [4.69, 9.17) is 4.99 Å². The first kappa shape index (κ1) is 20.3. The van der Waals surface area contributed by atoms with Gasteiger partial charge >= 0.3 is 0 Å². The van der Waals surface area contributed by atoms with Gasteiger partial charge in [0.25, 0.3) is 0 Å². The number of aliphatic imine (C=N–C) groups is 1. The van der Waals surface area contributed by atoms with Crippen LogP contribution >= 0.6 is 11.5 Å². The predicted octanol–water partition coefficient (Wildman–Crippen LogP) is 1.92. The lowest BCUT2D eigenvalue weighted by Gasteiger charge is -2.36. The van der Waals surface area contributed by atoms with Gasteiger partial charge in [-0.1, -0.05) is 6.92 Å². The highest BCUT2D eigenvalue weighted by Gasteiger charge is 2.22. The Bertz CT molecular complexity index is 587. The van der Waals surface area contributed by atoms with Gasteiger partial charge in [-0.2, -0.15) is 4.37 Å². The number of nitrogens with one attached hydrogen (secondary N) is 1. The second-order valence-electron chi connectivity index (χ2n) is 7.59. The molecule has 8 heteroatoms. The van der Waals surface area contributed by atoms with Gasteiger partial charge in [-0.25, -0.2) is 4.98 Å². The lowest BCUT2D eigenvalue weighted by molar-refractivity contribution is 0.214. The van der Waals surface area contributed by atoms with Crippen LogP contribution in [-0.4, -0.2) is 84.5 Å². The molecule has 0 aromatic carbocycles. The third-order valence-corrected chi connectivity index (χ3v) is 6.41. The van der Waals surface area contributed by atoms with Gasteiger partial charge in [-0.3, -0.25) is 4.99 Å². The van der Waals surface area contributed by atoms with E-state index in [9.17, 15) is 0 Å². The summed E-state index contributed by atoms with van der Waals surface area (Å²) in [4.78, 5) is 16.8. The Morgan fingerprint density at radius 3 is 2.52 bits per heavy atom. The average Bonchev–Trinajstić information content (AvgIpc) is 3.18. The minimum atomic E-state index is 0.842. The molecular formula is C19H35N7S. The lowest BCUT2D eigenvalue weighted by Crippen LogP contribution is -2.52. The molecule has 2 fully saturated rings. The second-order valence-corrected chi connectivity index (χ2v) is 8.32. The first-order valence-electron chi connectivity index (χ1n) is 10.5. The van der Waals surface area contributed by atoms with Crippen LogP contribution in [0.5, 0.6) is 0 Å². The smallest absolute Gasteiger partial charge is 0.205 e. The van der Waals surface area contributed by atoms with E-state index >= 15 is 0 Å². The zero-order valence-electron chi connectivity index (χ0n) is 17.2. The Labute approximate surface area is 168 Å². The molecule has 3 heterocycles. The molecule has 2 aliphatic rings. The number of guanidine groups is 1. The molecule has 1 aromatic rings. The first-order valence-corrected chi connectivity index (χ1v) is 11.3. The molecule has 0 aliphatic carbocycles. The average molecular weight is 394 g/mol. The molecule has 0 saturated carbocycles. The summed E-state index contributed by atoms with van der Waals surface area (Å²) in [7, 11) is 2.22. The number of anilines is 1. The molecule has 0 amide bonds. The fourth-order valence-electron chi connectivity index (χ4n) is 3.76. The van der Waals surface area contributed by atoms with Crippen molar-refractivity contribution in [1.82, 2.24) is 24.5 Å². The van der Waals surface area contributed by atoms with Crippen LogP contribution in [0.2, 0.25) is 0 Å². The Morgan fingerprint density at radius 1 is 1.15 bits per heavy atom. The Hall–Kier alpha value is -1.41. The van der Waals surface area contributed by atoms with Crippen molar-refractivity contribution in [1.29, 1.82) is 0 Å². The lowest BCUT2D eigenvalue weighted by atomic mass is 9.94. The maximum absolute atomic E-state index is 4.94. The summed E-state index contributed by atoms with van der Waals surface area (Å²) in [5, 5.41) is 4.55. The highest BCUT2D eigenvalue weighted by Crippen LogP contribution is 2.20. The molecule has 0 unspecified atom stereocenters. The van der Waals surface area contributed by atoms with Gasteiger partial charge in [0.05, 0.1) is 0 Å². The first-order chi connectivity index (χ1) is 13.2. The number of likely N-dealkylation sites (tertiary alicyclic amines) is 1. The number of aryl methyl sites for hydroxylation is 1. The standard InChI is InChI=1S/C19H35N7S/c1-4-17-22-19(27-23-17)26-14-12-25(13-15-26)18(20-5-2)21-9-6-16-7-10-24(3)11-8-16/h16H,4-15H2,1-3H3,(H,20,21). The number of hydrogen-bond acceptors (Lipinski definition) is 6. The van der Waals surface area contributed by atoms with E-state index < -0.39 is 0 Å². The zero-order valence-corrected chi connectivity index (χ0v) is 18.0. The monoisotopic (exact) mass is 393 g/mol. The molecule has 0 bridgehead atoms. The predicted molar refractivity (Wildman–Crippen MR) is 114 cm³/mol. The minimum absolute atomic E-state index is 0.842. The number of hydrogen-bond donors (Lipinski definition) is 1. The van der Waals surface area contributed by atoms with Crippen LogP contribution in [0.3, 0.4) is 0 Å². The van der Waals surface area contributed by atoms with Crippen molar-refractivity contribution in [3.8, 4) is 0 Å². The van der Waals surface area contributed by atoms with Gasteiger partial charge in [-0.15, -0.1) is 0 Å². The summed E-state index contributed by atoms with van der Waals surface area (Å²) in [6.07, 6.45) is 4.77. The van der Waals surface area contributed by atoms with E-state index in [1.807, 2.05) is 0 Å². The van der Waals surface area contributed by atoms with Crippen molar-refractivity contribution in [2.45, 2.75) is 39.5 Å². The van der Waals surface area contributed by atoms with Crippen molar-refractivity contribution in [3.63, 3.8) is 0 Å². The third kappa shape index (κ3) is 5.78. The maximum Gasteiger partial charge on any atom is 0.205 e. The van der Waals surface area contributed by atoms with Crippen molar-refractivity contribution >= 4 is 22.6 Å². The van der Waals surface area contributed by atoms with E-state index in [0.29, 0.717) is 0 Å². The summed E-state index contributed by atoms with van der Waals surface area (Å²) in [6, 6.07) is 0. The number of piperidine rings is 1. The number of rotatable bonds is 6. The van der Waals surface area contributed by atoms with Gasteiger partial charge in [0.15, 0.2) is 5.96 Å². The highest BCUT2D eigenvalue weighted by atomic mass is 32.1. The van der Waals surface area contributed by atoms with E-state index in [-0.39, 0.29) is 0 Å². The molecule has 27 heavy (non-hydrogen) atoms. The van der Waals surface area contributed by atoms with E-state index in [1.165, 1.54) is 43.9 Å². The Kier molecular flexibility index (Phi) is 7.70. The van der Waals surface area contributed by atoms with Crippen LogP contribution in [0, 0.1) is 5.92 Å². The van der Waals surface area contributed by atoms with Crippen LogP contribution in [-0.2, 0) is 6.42 Å². The van der Waals surface area contributed by atoms with E-state index in [1.54, 1.807) is 0 Å². The normalized spacial score (nSPS) is 20.3. The molecule has 0 atom stereocenters. The van der Waals surface area contributed by atoms with Crippen LogP contribution in [0.4, 0.5) is 5.13 Å². The second kappa shape index (κ2) is 10.2. The van der Waals surface area contributed by atoms with Gasteiger partial charge in [0, 0.05) is 57.2 Å². The minimum Gasteiger partial charge on any atom is -0.357 e. The Morgan fingerprint density at radius 2 is 1.89 bits per heavy atom. The number of nitrogens with zero attached hydrogens (tertiary/aromatic N) is 6. The van der Waals surface area contributed by atoms with Crippen molar-refractivity contribution in [3.05, 3.63) is 5.82 Å². The van der Waals surface area contributed by atoms with E-state index in [0.717, 1.165) is 68.5 Å². The molecule has 2 aliphatic heterocycles. The maximum atomic E-state index is 4.94. The topological polar surface area (TPSA) is 59.9 Å². The van der Waals surface area contributed by atoms with E-state index in [2.05, 4.69) is 50.3 Å². The highest BCUT2D eigenvalue weighted by molar-refractivity contribution is 7.09. The molecule has 2 saturated heterocycles. The van der Waals surface area contributed by atoms with Gasteiger partial charge < -0.3 is 20.0 Å². The molecule has 1 aromatic heterocycles. The van der Waals surface area contributed by atoms with Crippen molar-refractivity contribution in [2.75, 3.05) is 64.3 Å². The van der Waals surface area contributed by atoms with Crippen LogP contribution in [0.25, 0.3) is 0 Å². The number of aromatic nitrogens is 2. The van der Waals surface area contributed by atoms with Gasteiger partial charge in [0.2, 0.25) is 5.13 Å². The SMILES string of the molecule is CCNC(=NCCC1CCN(C)CC1)N1CCN(c2nc(CC)ns2)CC1. The summed E-state index contributed by atoms with van der Waals surface area (Å²) in [6.45, 7) is 12.5. The van der Waals surface area contributed by atoms with Crippen molar-refractivity contribution < 1.29 is 0 Å². The fraction of sp³-hybridized carbons (Fsp3) is 0.842. The molecule has 7 nitrogen and oxygen atoms in total.